The van der Waals surface area contributed by atoms with Gasteiger partial charge in [0, 0.05) is 6.42 Å². The quantitative estimate of drug-likeness (QED) is 0.526. The van der Waals surface area contributed by atoms with Crippen LogP contribution in [0.1, 0.15) is 35.3 Å². The fraction of sp³-hybridized carbons (Fsp3) is 0.231. The summed E-state index contributed by atoms with van der Waals surface area (Å²) < 4.78 is 12.0. The normalized spacial score (nSPS) is 20.8. The lowest BCUT2D eigenvalue weighted by atomic mass is 9.92. The van der Waals surface area contributed by atoms with E-state index in [0.29, 0.717) is 0 Å². The van der Waals surface area contributed by atoms with E-state index in [4.69, 9.17) is 9.47 Å². The Morgan fingerprint density at radius 2 is 1.48 bits per heavy atom. The molecule has 158 valence electrons. The molecule has 0 unspecified atom stereocenters. The van der Waals surface area contributed by atoms with Gasteiger partial charge in [0.05, 0.1) is 18.7 Å². The molecule has 0 N–H and O–H groups in total. The van der Waals surface area contributed by atoms with Gasteiger partial charge in [-0.15, -0.1) is 0 Å². The molecule has 4 rings (SSSR count). The van der Waals surface area contributed by atoms with E-state index in [9.17, 15) is 9.59 Å². The van der Waals surface area contributed by atoms with Crippen molar-refractivity contribution >= 4 is 12.4 Å². The Balaban J connectivity index is 1.66. The number of benzene rings is 3. The standard InChI is InChI=1S/C26H25NO4/c28-17-16-23-18-27(26(29)30-19-20-10-4-1-5-11-20)24(21-12-6-2-7-13-21)25(31-23)22-14-8-3-9-15-22/h1-15,17,23-25H,16,18-19H2/t23-,24-,25+/m1/s1. The first-order valence-electron chi connectivity index (χ1n) is 10.4. The maximum absolute atomic E-state index is 13.2. The number of carbonyl (C=O) groups excluding carboxylic acids is 2. The lowest BCUT2D eigenvalue weighted by Crippen LogP contribution is -2.49. The molecule has 3 aromatic rings. The molecule has 0 radical (unpaired) electrons. The molecule has 0 spiro atoms. The summed E-state index contributed by atoms with van der Waals surface area (Å²) in [6.07, 6.45) is -0.174. The summed E-state index contributed by atoms with van der Waals surface area (Å²) in [4.78, 5) is 26.2. The summed E-state index contributed by atoms with van der Waals surface area (Å²) in [5.74, 6) is 0. The summed E-state index contributed by atoms with van der Waals surface area (Å²) in [6, 6.07) is 28.8. The van der Waals surface area contributed by atoms with Crippen molar-refractivity contribution in [2.24, 2.45) is 0 Å². The van der Waals surface area contributed by atoms with Crippen molar-refractivity contribution in [3.63, 3.8) is 0 Å². The van der Waals surface area contributed by atoms with E-state index in [1.54, 1.807) is 4.90 Å². The Kier molecular flexibility index (Phi) is 6.75. The predicted octanol–water partition coefficient (Wildman–Crippen LogP) is 5.10. The van der Waals surface area contributed by atoms with Gasteiger partial charge in [-0.25, -0.2) is 4.79 Å². The van der Waals surface area contributed by atoms with Crippen LogP contribution in [-0.4, -0.2) is 29.9 Å². The Morgan fingerprint density at radius 1 is 0.903 bits per heavy atom. The number of nitrogens with zero attached hydrogens (tertiary/aromatic N) is 1. The van der Waals surface area contributed by atoms with Crippen LogP contribution in [0.5, 0.6) is 0 Å². The van der Waals surface area contributed by atoms with Gasteiger partial charge in [0.1, 0.15) is 19.0 Å². The molecule has 3 aromatic carbocycles. The topological polar surface area (TPSA) is 55.8 Å². The minimum absolute atomic E-state index is 0.187. The summed E-state index contributed by atoms with van der Waals surface area (Å²) in [7, 11) is 0. The molecule has 5 heteroatoms. The molecule has 1 aliphatic heterocycles. The van der Waals surface area contributed by atoms with Gasteiger partial charge >= 0.3 is 6.09 Å². The van der Waals surface area contributed by atoms with Crippen LogP contribution in [0.2, 0.25) is 0 Å². The van der Waals surface area contributed by atoms with E-state index in [1.165, 1.54) is 0 Å². The van der Waals surface area contributed by atoms with Crippen LogP contribution in [-0.2, 0) is 20.9 Å². The summed E-state index contributed by atoms with van der Waals surface area (Å²) in [6.45, 7) is 0.474. The Hall–Kier alpha value is -3.44. The van der Waals surface area contributed by atoms with Crippen LogP contribution in [0.3, 0.4) is 0 Å². The van der Waals surface area contributed by atoms with E-state index in [0.717, 1.165) is 23.0 Å². The van der Waals surface area contributed by atoms with Gasteiger partial charge in [0.25, 0.3) is 0 Å². The predicted molar refractivity (Wildman–Crippen MR) is 117 cm³/mol. The maximum Gasteiger partial charge on any atom is 0.410 e. The molecule has 31 heavy (non-hydrogen) atoms. The van der Waals surface area contributed by atoms with Crippen LogP contribution in [0.4, 0.5) is 4.79 Å². The van der Waals surface area contributed by atoms with E-state index < -0.39 is 18.3 Å². The highest BCUT2D eigenvalue weighted by molar-refractivity contribution is 5.69. The minimum atomic E-state index is -0.419. The molecular formula is C26H25NO4. The van der Waals surface area contributed by atoms with Gasteiger partial charge in [-0.1, -0.05) is 91.0 Å². The summed E-state index contributed by atoms with van der Waals surface area (Å²) in [5, 5.41) is 0. The third kappa shape index (κ3) is 5.01. The van der Waals surface area contributed by atoms with Crippen LogP contribution in [0, 0.1) is 0 Å². The van der Waals surface area contributed by atoms with E-state index in [-0.39, 0.29) is 25.6 Å². The number of carbonyl (C=O) groups is 2. The Bertz CT molecular complexity index is 978. The monoisotopic (exact) mass is 415 g/mol. The lowest BCUT2D eigenvalue weighted by Gasteiger charge is -2.44. The van der Waals surface area contributed by atoms with Gasteiger partial charge < -0.3 is 14.3 Å². The molecule has 0 saturated carbocycles. The molecule has 1 aliphatic rings. The zero-order valence-electron chi connectivity index (χ0n) is 17.2. The maximum atomic E-state index is 13.2. The fourth-order valence-electron chi connectivity index (χ4n) is 3.96. The molecule has 5 nitrogen and oxygen atoms in total. The molecule has 0 bridgehead atoms. The van der Waals surface area contributed by atoms with E-state index in [2.05, 4.69) is 0 Å². The Morgan fingerprint density at radius 3 is 2.10 bits per heavy atom. The molecule has 1 heterocycles. The number of hydrogen-bond donors (Lipinski definition) is 0. The van der Waals surface area contributed by atoms with Crippen molar-refractivity contribution in [3.8, 4) is 0 Å². The zero-order chi connectivity index (χ0) is 21.5. The first-order valence-corrected chi connectivity index (χ1v) is 10.4. The molecule has 1 saturated heterocycles. The second-order valence-electron chi connectivity index (χ2n) is 7.54. The zero-order valence-corrected chi connectivity index (χ0v) is 17.2. The summed E-state index contributed by atoms with van der Waals surface area (Å²) in [5.41, 5.74) is 2.83. The number of morpholine rings is 1. The van der Waals surface area contributed by atoms with Crippen molar-refractivity contribution in [2.45, 2.75) is 31.3 Å². The smallest absolute Gasteiger partial charge is 0.410 e. The van der Waals surface area contributed by atoms with Crippen LogP contribution >= 0.6 is 0 Å². The third-order valence-corrected chi connectivity index (χ3v) is 5.43. The highest BCUT2D eigenvalue weighted by Gasteiger charge is 2.41. The highest BCUT2D eigenvalue weighted by Crippen LogP contribution is 2.42. The lowest BCUT2D eigenvalue weighted by molar-refractivity contribution is -0.130. The number of hydrogen-bond acceptors (Lipinski definition) is 4. The van der Waals surface area contributed by atoms with Gasteiger partial charge in [-0.3, -0.25) is 4.90 Å². The SMILES string of the molecule is O=CC[C@@H]1CN(C(=O)OCc2ccccc2)[C@H](c2ccccc2)[C@H](c2ccccc2)O1. The molecule has 0 aliphatic carbocycles. The fourth-order valence-corrected chi connectivity index (χ4v) is 3.96. The average molecular weight is 415 g/mol. The van der Waals surface area contributed by atoms with Crippen LogP contribution < -0.4 is 0 Å². The highest BCUT2D eigenvalue weighted by atomic mass is 16.6. The van der Waals surface area contributed by atoms with Gasteiger partial charge in [-0.2, -0.15) is 0 Å². The van der Waals surface area contributed by atoms with Crippen LogP contribution in [0.15, 0.2) is 91.0 Å². The molecule has 3 atom stereocenters. The van der Waals surface area contributed by atoms with Gasteiger partial charge in [0.15, 0.2) is 0 Å². The van der Waals surface area contributed by atoms with Gasteiger partial charge in [-0.05, 0) is 16.7 Å². The van der Waals surface area contributed by atoms with Crippen molar-refractivity contribution in [3.05, 3.63) is 108 Å². The van der Waals surface area contributed by atoms with Gasteiger partial charge in [0.2, 0.25) is 0 Å². The number of amides is 1. The van der Waals surface area contributed by atoms with Crippen molar-refractivity contribution in [2.75, 3.05) is 6.54 Å². The second kappa shape index (κ2) is 10.0. The van der Waals surface area contributed by atoms with Crippen molar-refractivity contribution in [1.82, 2.24) is 4.90 Å². The number of ether oxygens (including phenoxy) is 2. The first kappa shape index (κ1) is 20.8. The molecular weight excluding hydrogens is 390 g/mol. The van der Waals surface area contributed by atoms with Crippen molar-refractivity contribution < 1.29 is 19.1 Å². The van der Waals surface area contributed by atoms with Crippen LogP contribution in [0.25, 0.3) is 0 Å². The van der Waals surface area contributed by atoms with Crippen molar-refractivity contribution in [1.29, 1.82) is 0 Å². The van der Waals surface area contributed by atoms with E-state index in [1.807, 2.05) is 91.0 Å². The molecule has 1 fully saturated rings. The first-order chi connectivity index (χ1) is 15.3. The Labute approximate surface area is 182 Å². The average Bonchev–Trinajstić information content (AvgIpc) is 2.84. The largest absolute Gasteiger partial charge is 0.445 e. The van der Waals surface area contributed by atoms with E-state index >= 15 is 0 Å². The third-order valence-electron chi connectivity index (χ3n) is 5.43. The molecule has 1 amide bonds. The minimum Gasteiger partial charge on any atom is -0.445 e. The molecule has 0 aromatic heterocycles. The second-order valence-corrected chi connectivity index (χ2v) is 7.54. The number of aldehydes is 1. The number of rotatable bonds is 6. The summed E-state index contributed by atoms with van der Waals surface area (Å²) >= 11 is 0.